The molecule has 2 amide bonds. The molecule has 3 aliphatic carbocycles. The second-order valence-corrected chi connectivity index (χ2v) is 7.10. The van der Waals surface area contributed by atoms with Crippen molar-refractivity contribution in [3.8, 4) is 0 Å². The predicted octanol–water partition coefficient (Wildman–Crippen LogP) is 3.02. The molecule has 4 heteroatoms. The van der Waals surface area contributed by atoms with E-state index in [0.717, 1.165) is 38.5 Å². The molecule has 0 spiro atoms. The molecule has 0 aromatic heterocycles. The van der Waals surface area contributed by atoms with Crippen LogP contribution in [0, 0.1) is 11.8 Å². The molecule has 0 aliphatic heterocycles. The quantitative estimate of drug-likeness (QED) is 0.779. The maximum Gasteiger partial charge on any atom is 0.224 e. The number of amides is 2. The van der Waals surface area contributed by atoms with E-state index in [4.69, 9.17) is 0 Å². The highest BCUT2D eigenvalue weighted by atomic mass is 16.2. The maximum absolute atomic E-state index is 12.7. The standard InChI is InChI=1S/C20H28N2O2/c23-19(21-15-9-3-1-4-10-15)17-13-7-8-14-18(17)20(24)22-16-11-5-2-6-12-16/h3,5,7-9,11,15-18H,1-2,4,6,10,12-14H2,(H,21,23)(H,22,24)/t15-,16-,17-,18+/m0/s1. The molecule has 0 saturated carbocycles. The van der Waals surface area contributed by atoms with E-state index >= 15 is 0 Å². The van der Waals surface area contributed by atoms with Crippen LogP contribution in [-0.4, -0.2) is 23.9 Å². The second kappa shape index (κ2) is 8.32. The Labute approximate surface area is 144 Å². The summed E-state index contributed by atoms with van der Waals surface area (Å²) in [5.41, 5.74) is 0. The van der Waals surface area contributed by atoms with Crippen LogP contribution in [0.1, 0.15) is 51.4 Å². The molecule has 24 heavy (non-hydrogen) atoms. The van der Waals surface area contributed by atoms with Crippen LogP contribution in [0.2, 0.25) is 0 Å². The molecule has 2 N–H and O–H groups in total. The van der Waals surface area contributed by atoms with Gasteiger partial charge in [0.1, 0.15) is 0 Å². The van der Waals surface area contributed by atoms with Crippen molar-refractivity contribution < 1.29 is 9.59 Å². The van der Waals surface area contributed by atoms with Crippen LogP contribution in [0.4, 0.5) is 0 Å². The zero-order valence-electron chi connectivity index (χ0n) is 14.2. The van der Waals surface area contributed by atoms with Gasteiger partial charge in [-0.1, -0.05) is 36.5 Å². The predicted molar refractivity (Wildman–Crippen MR) is 95.2 cm³/mol. The smallest absolute Gasteiger partial charge is 0.224 e. The van der Waals surface area contributed by atoms with E-state index in [1.165, 1.54) is 0 Å². The Kier molecular flexibility index (Phi) is 5.89. The summed E-state index contributed by atoms with van der Waals surface area (Å²) in [5.74, 6) is -0.457. The van der Waals surface area contributed by atoms with Gasteiger partial charge >= 0.3 is 0 Å². The molecule has 0 bridgehead atoms. The lowest BCUT2D eigenvalue weighted by atomic mass is 9.81. The lowest BCUT2D eigenvalue weighted by molar-refractivity contribution is -0.135. The SMILES string of the molecule is O=C(N[C@H]1C=CCCC1)[C@H]1CC=CC[C@H]1C(=O)N[C@H]1C=CCCC1. The minimum absolute atomic E-state index is 0.0234. The molecule has 3 rings (SSSR count). The topological polar surface area (TPSA) is 58.2 Å². The second-order valence-electron chi connectivity index (χ2n) is 7.10. The zero-order valence-corrected chi connectivity index (χ0v) is 14.2. The zero-order chi connectivity index (χ0) is 16.8. The Bertz CT molecular complexity index is 502. The van der Waals surface area contributed by atoms with E-state index in [1.807, 2.05) is 12.2 Å². The van der Waals surface area contributed by atoms with Crippen LogP contribution in [-0.2, 0) is 9.59 Å². The lowest BCUT2D eigenvalue weighted by Gasteiger charge is -2.30. The van der Waals surface area contributed by atoms with Gasteiger partial charge in [0.25, 0.3) is 0 Å². The van der Waals surface area contributed by atoms with E-state index in [1.54, 1.807) is 0 Å². The molecule has 0 fully saturated rings. The van der Waals surface area contributed by atoms with Crippen LogP contribution in [0.3, 0.4) is 0 Å². The fourth-order valence-corrected chi connectivity index (χ4v) is 3.84. The number of hydrogen-bond acceptors (Lipinski definition) is 2. The van der Waals surface area contributed by atoms with E-state index in [9.17, 15) is 9.59 Å². The first-order valence-corrected chi connectivity index (χ1v) is 9.33. The molecular formula is C20H28N2O2. The van der Waals surface area contributed by atoms with Crippen LogP contribution in [0.15, 0.2) is 36.5 Å². The first kappa shape index (κ1) is 17.0. The molecule has 0 saturated heterocycles. The number of hydrogen-bond donors (Lipinski definition) is 2. The van der Waals surface area contributed by atoms with Gasteiger partial charge in [0.15, 0.2) is 0 Å². The summed E-state index contributed by atoms with van der Waals surface area (Å²) in [6.07, 6.45) is 20.2. The van der Waals surface area contributed by atoms with Gasteiger partial charge in [-0.15, -0.1) is 0 Å². The summed E-state index contributed by atoms with van der Waals surface area (Å²) in [6.45, 7) is 0. The molecule has 0 aromatic carbocycles. The molecule has 0 heterocycles. The van der Waals surface area contributed by atoms with Crippen molar-refractivity contribution in [1.29, 1.82) is 0 Å². The van der Waals surface area contributed by atoms with Crippen molar-refractivity contribution in [3.63, 3.8) is 0 Å². The minimum atomic E-state index is -0.252. The van der Waals surface area contributed by atoms with Gasteiger partial charge in [-0.2, -0.15) is 0 Å². The number of carbonyl (C=O) groups is 2. The first-order valence-electron chi connectivity index (χ1n) is 9.33. The Hall–Kier alpha value is -1.84. The molecule has 0 unspecified atom stereocenters. The Balaban J connectivity index is 1.60. The van der Waals surface area contributed by atoms with E-state index in [0.29, 0.717) is 12.8 Å². The highest BCUT2D eigenvalue weighted by Gasteiger charge is 2.35. The molecule has 0 radical (unpaired) electrons. The molecule has 3 aliphatic rings. The number of nitrogens with one attached hydrogen (secondary N) is 2. The average Bonchev–Trinajstić information content (AvgIpc) is 2.63. The monoisotopic (exact) mass is 328 g/mol. The van der Waals surface area contributed by atoms with Crippen LogP contribution in [0.5, 0.6) is 0 Å². The summed E-state index contributed by atoms with van der Waals surface area (Å²) >= 11 is 0. The van der Waals surface area contributed by atoms with Gasteiger partial charge in [0.05, 0.1) is 11.8 Å². The Morgan fingerprint density at radius 3 is 1.54 bits per heavy atom. The van der Waals surface area contributed by atoms with E-state index in [-0.39, 0.29) is 35.7 Å². The normalized spacial score (nSPS) is 32.3. The van der Waals surface area contributed by atoms with Gasteiger partial charge in [-0.05, 0) is 51.4 Å². The molecule has 4 atom stereocenters. The minimum Gasteiger partial charge on any atom is -0.350 e. The first-order chi connectivity index (χ1) is 11.7. The number of rotatable bonds is 4. The maximum atomic E-state index is 12.7. The third kappa shape index (κ3) is 4.37. The van der Waals surface area contributed by atoms with Gasteiger partial charge < -0.3 is 10.6 Å². The van der Waals surface area contributed by atoms with Crippen LogP contribution < -0.4 is 10.6 Å². The molecule has 4 nitrogen and oxygen atoms in total. The van der Waals surface area contributed by atoms with Crippen LogP contribution in [0.25, 0.3) is 0 Å². The van der Waals surface area contributed by atoms with Crippen molar-refractivity contribution in [2.45, 2.75) is 63.5 Å². The van der Waals surface area contributed by atoms with Crippen molar-refractivity contribution in [3.05, 3.63) is 36.5 Å². The van der Waals surface area contributed by atoms with Crippen LogP contribution >= 0.6 is 0 Å². The largest absolute Gasteiger partial charge is 0.350 e. The number of allylic oxidation sites excluding steroid dienone is 4. The molecule has 0 aromatic rings. The van der Waals surface area contributed by atoms with Crippen molar-refractivity contribution in [2.24, 2.45) is 11.8 Å². The van der Waals surface area contributed by atoms with E-state index in [2.05, 4.69) is 34.9 Å². The highest BCUT2D eigenvalue weighted by Crippen LogP contribution is 2.27. The summed E-state index contributed by atoms with van der Waals surface area (Å²) in [4.78, 5) is 25.4. The third-order valence-corrected chi connectivity index (χ3v) is 5.27. The third-order valence-electron chi connectivity index (χ3n) is 5.27. The summed E-state index contributed by atoms with van der Waals surface area (Å²) < 4.78 is 0. The van der Waals surface area contributed by atoms with Crippen molar-refractivity contribution in [1.82, 2.24) is 10.6 Å². The molecule has 130 valence electrons. The van der Waals surface area contributed by atoms with Crippen molar-refractivity contribution >= 4 is 11.8 Å². The highest BCUT2D eigenvalue weighted by molar-refractivity contribution is 5.88. The Morgan fingerprint density at radius 2 is 1.17 bits per heavy atom. The Morgan fingerprint density at radius 1 is 0.708 bits per heavy atom. The van der Waals surface area contributed by atoms with E-state index < -0.39 is 0 Å². The van der Waals surface area contributed by atoms with Gasteiger partial charge in [0, 0.05) is 12.1 Å². The summed E-state index contributed by atoms with van der Waals surface area (Å²) in [6, 6.07) is 0.254. The fourth-order valence-electron chi connectivity index (χ4n) is 3.84. The molecular weight excluding hydrogens is 300 g/mol. The summed E-state index contributed by atoms with van der Waals surface area (Å²) in [5, 5.41) is 6.25. The number of carbonyl (C=O) groups excluding carboxylic acids is 2. The summed E-state index contributed by atoms with van der Waals surface area (Å²) in [7, 11) is 0. The van der Waals surface area contributed by atoms with Gasteiger partial charge in [0.2, 0.25) is 11.8 Å². The van der Waals surface area contributed by atoms with Gasteiger partial charge in [-0.3, -0.25) is 9.59 Å². The lowest BCUT2D eigenvalue weighted by Crippen LogP contribution is -2.47. The average molecular weight is 328 g/mol. The van der Waals surface area contributed by atoms with Crippen molar-refractivity contribution in [2.75, 3.05) is 0 Å². The fraction of sp³-hybridized carbons (Fsp3) is 0.600. The van der Waals surface area contributed by atoms with Gasteiger partial charge in [-0.25, -0.2) is 0 Å².